The fourth-order valence-corrected chi connectivity index (χ4v) is 2.10. The Morgan fingerprint density at radius 2 is 1.63 bits per heavy atom. The molecule has 1 aliphatic rings. The van der Waals surface area contributed by atoms with Gasteiger partial charge in [0.1, 0.15) is 5.76 Å². The molecule has 0 radical (unpaired) electrons. The summed E-state index contributed by atoms with van der Waals surface area (Å²) >= 11 is 0. The van der Waals surface area contributed by atoms with Gasteiger partial charge in [-0.3, -0.25) is 4.79 Å². The lowest BCUT2D eigenvalue weighted by atomic mass is 9.93. The van der Waals surface area contributed by atoms with E-state index >= 15 is 0 Å². The maximum atomic E-state index is 12.5. The summed E-state index contributed by atoms with van der Waals surface area (Å²) in [6.07, 6.45) is -4.38. The number of carbonyl (C=O) groups is 1. The average molecular weight is 270 g/mol. The van der Waals surface area contributed by atoms with Gasteiger partial charge in [0, 0.05) is 0 Å². The van der Waals surface area contributed by atoms with E-state index in [9.17, 15) is 18.0 Å². The highest BCUT2D eigenvalue weighted by Gasteiger charge is 2.40. The molecule has 0 fully saturated rings. The second kappa shape index (κ2) is 4.11. The molecule has 0 aliphatic carbocycles. The van der Waals surface area contributed by atoms with Gasteiger partial charge in [-0.2, -0.15) is 13.2 Å². The Morgan fingerprint density at radius 1 is 1.11 bits per heavy atom. The first-order valence-electron chi connectivity index (χ1n) is 5.75. The summed E-state index contributed by atoms with van der Waals surface area (Å²) in [6.45, 7) is 4.91. The van der Waals surface area contributed by atoms with Crippen LogP contribution in [0.25, 0.3) is 5.57 Å². The Hall–Kier alpha value is -1.78. The van der Waals surface area contributed by atoms with Crippen molar-refractivity contribution in [2.75, 3.05) is 0 Å². The molecule has 0 N–H and O–H groups in total. The SMILES string of the molecule is CC1=C(c2ccc(C(F)(F)F)cc2)C(=O)C(C)(C)O1. The third-order valence-electron chi connectivity index (χ3n) is 3.04. The molecule has 1 aromatic rings. The van der Waals surface area contributed by atoms with E-state index in [1.54, 1.807) is 20.8 Å². The van der Waals surface area contributed by atoms with Gasteiger partial charge in [0.2, 0.25) is 5.78 Å². The Bertz CT molecular complexity index is 551. The second-order valence-electron chi connectivity index (χ2n) is 4.95. The quantitative estimate of drug-likeness (QED) is 0.775. The summed E-state index contributed by atoms with van der Waals surface area (Å²) in [5, 5.41) is 0. The summed E-state index contributed by atoms with van der Waals surface area (Å²) < 4.78 is 42.8. The van der Waals surface area contributed by atoms with Crippen molar-refractivity contribution < 1.29 is 22.7 Å². The highest BCUT2D eigenvalue weighted by Crippen LogP contribution is 2.37. The van der Waals surface area contributed by atoms with Crippen LogP contribution in [0.4, 0.5) is 13.2 Å². The molecule has 0 saturated heterocycles. The molecule has 1 heterocycles. The molecule has 0 bridgehead atoms. The van der Waals surface area contributed by atoms with Crippen LogP contribution in [0.5, 0.6) is 0 Å². The van der Waals surface area contributed by atoms with Crippen molar-refractivity contribution >= 4 is 11.4 Å². The average Bonchev–Trinajstić information content (AvgIpc) is 2.47. The molecule has 19 heavy (non-hydrogen) atoms. The summed E-state index contributed by atoms with van der Waals surface area (Å²) in [5.41, 5.74) is -0.901. The monoisotopic (exact) mass is 270 g/mol. The number of halogens is 3. The molecule has 0 spiro atoms. The summed E-state index contributed by atoms with van der Waals surface area (Å²) in [5.74, 6) is 0.222. The predicted molar refractivity (Wildman–Crippen MR) is 64.2 cm³/mol. The number of ketones is 1. The van der Waals surface area contributed by atoms with E-state index < -0.39 is 17.3 Å². The number of hydrogen-bond donors (Lipinski definition) is 0. The van der Waals surface area contributed by atoms with Crippen LogP contribution < -0.4 is 0 Å². The highest BCUT2D eigenvalue weighted by molar-refractivity contribution is 6.26. The Balaban J connectivity index is 2.39. The van der Waals surface area contributed by atoms with E-state index in [0.29, 0.717) is 16.9 Å². The van der Waals surface area contributed by atoms with Crippen LogP contribution in [-0.2, 0) is 15.7 Å². The maximum absolute atomic E-state index is 12.5. The van der Waals surface area contributed by atoms with E-state index in [1.165, 1.54) is 12.1 Å². The molecule has 102 valence electrons. The number of hydrogen-bond acceptors (Lipinski definition) is 2. The first kappa shape index (κ1) is 13.6. The number of rotatable bonds is 1. The molecule has 0 aromatic heterocycles. The molecule has 1 aliphatic heterocycles. The molecule has 1 aromatic carbocycles. The van der Waals surface area contributed by atoms with Gasteiger partial charge in [0.25, 0.3) is 0 Å². The van der Waals surface area contributed by atoms with Crippen molar-refractivity contribution in [2.24, 2.45) is 0 Å². The van der Waals surface area contributed by atoms with Crippen LogP contribution in [0.2, 0.25) is 0 Å². The van der Waals surface area contributed by atoms with Crippen molar-refractivity contribution in [3.8, 4) is 0 Å². The lowest BCUT2D eigenvalue weighted by molar-refractivity contribution is -0.137. The Kier molecular flexibility index (Phi) is 2.96. The summed E-state index contributed by atoms with van der Waals surface area (Å²) in [6, 6.07) is 4.52. The number of carbonyl (C=O) groups excluding carboxylic acids is 1. The minimum absolute atomic E-state index is 0.218. The summed E-state index contributed by atoms with van der Waals surface area (Å²) in [4.78, 5) is 12.1. The van der Waals surface area contributed by atoms with Gasteiger partial charge in [-0.05, 0) is 38.5 Å². The van der Waals surface area contributed by atoms with Gasteiger partial charge in [-0.25, -0.2) is 0 Å². The minimum Gasteiger partial charge on any atom is -0.484 e. The molecule has 0 amide bonds. The van der Waals surface area contributed by atoms with Crippen molar-refractivity contribution in [3.63, 3.8) is 0 Å². The van der Waals surface area contributed by atoms with Crippen LogP contribution in [0.3, 0.4) is 0 Å². The van der Waals surface area contributed by atoms with Gasteiger partial charge in [0.05, 0.1) is 11.1 Å². The Labute approximate surface area is 108 Å². The van der Waals surface area contributed by atoms with Gasteiger partial charge < -0.3 is 4.74 Å². The maximum Gasteiger partial charge on any atom is 0.416 e. The van der Waals surface area contributed by atoms with Crippen molar-refractivity contribution in [1.29, 1.82) is 0 Å². The Morgan fingerprint density at radius 3 is 2.00 bits per heavy atom. The fraction of sp³-hybridized carbons (Fsp3) is 0.357. The van der Waals surface area contributed by atoms with Crippen molar-refractivity contribution in [1.82, 2.24) is 0 Å². The van der Waals surface area contributed by atoms with Crippen LogP contribution in [0.15, 0.2) is 30.0 Å². The van der Waals surface area contributed by atoms with Crippen LogP contribution in [-0.4, -0.2) is 11.4 Å². The van der Waals surface area contributed by atoms with E-state index in [4.69, 9.17) is 4.74 Å². The zero-order valence-electron chi connectivity index (χ0n) is 10.8. The highest BCUT2D eigenvalue weighted by atomic mass is 19.4. The van der Waals surface area contributed by atoms with Crippen molar-refractivity contribution in [3.05, 3.63) is 41.2 Å². The summed E-state index contributed by atoms with van der Waals surface area (Å²) in [7, 11) is 0. The molecular weight excluding hydrogens is 257 g/mol. The van der Waals surface area contributed by atoms with Crippen LogP contribution in [0.1, 0.15) is 31.9 Å². The molecule has 2 rings (SSSR count). The zero-order valence-corrected chi connectivity index (χ0v) is 10.8. The van der Waals surface area contributed by atoms with Crippen molar-refractivity contribution in [2.45, 2.75) is 32.5 Å². The third kappa shape index (κ3) is 2.37. The topological polar surface area (TPSA) is 26.3 Å². The van der Waals surface area contributed by atoms with Gasteiger partial charge >= 0.3 is 6.18 Å². The van der Waals surface area contributed by atoms with E-state index in [1.807, 2.05) is 0 Å². The van der Waals surface area contributed by atoms with Gasteiger partial charge in [-0.1, -0.05) is 12.1 Å². The van der Waals surface area contributed by atoms with Gasteiger partial charge in [0.15, 0.2) is 5.60 Å². The molecule has 0 unspecified atom stereocenters. The lowest BCUT2D eigenvalue weighted by Crippen LogP contribution is -2.29. The number of ether oxygens (including phenoxy) is 1. The zero-order chi connectivity index (χ0) is 14.4. The number of allylic oxidation sites excluding steroid dienone is 1. The molecular formula is C14H13F3O2. The first-order chi connectivity index (χ1) is 8.63. The number of Topliss-reactive ketones (excluding diaryl/α,β-unsaturated/α-hetero) is 1. The second-order valence-corrected chi connectivity index (χ2v) is 4.95. The van der Waals surface area contributed by atoms with E-state index in [2.05, 4.69) is 0 Å². The predicted octanol–water partition coefficient (Wildman–Crippen LogP) is 3.81. The molecule has 2 nitrogen and oxygen atoms in total. The third-order valence-corrected chi connectivity index (χ3v) is 3.04. The molecule has 0 saturated carbocycles. The standard InChI is InChI=1S/C14H13F3O2/c1-8-11(12(18)13(2,3)19-8)9-4-6-10(7-5-9)14(15,16)17/h4-7H,1-3H3. The van der Waals surface area contributed by atoms with E-state index in [0.717, 1.165) is 12.1 Å². The largest absolute Gasteiger partial charge is 0.484 e. The minimum atomic E-state index is -4.38. The van der Waals surface area contributed by atoms with Crippen LogP contribution in [0, 0.1) is 0 Å². The number of benzene rings is 1. The fourth-order valence-electron chi connectivity index (χ4n) is 2.10. The normalized spacial score (nSPS) is 18.7. The van der Waals surface area contributed by atoms with E-state index in [-0.39, 0.29) is 5.78 Å². The van der Waals surface area contributed by atoms with Crippen LogP contribution >= 0.6 is 0 Å². The molecule has 5 heteroatoms. The smallest absolute Gasteiger partial charge is 0.416 e. The first-order valence-corrected chi connectivity index (χ1v) is 5.75. The lowest BCUT2D eigenvalue weighted by Gasteiger charge is -2.16. The van der Waals surface area contributed by atoms with Gasteiger partial charge in [-0.15, -0.1) is 0 Å². The number of alkyl halides is 3. The molecule has 0 atom stereocenters.